The summed E-state index contributed by atoms with van der Waals surface area (Å²) in [4.78, 5) is 15.0. The Labute approximate surface area is 174 Å². The second-order valence-corrected chi connectivity index (χ2v) is 6.98. The summed E-state index contributed by atoms with van der Waals surface area (Å²) in [5, 5.41) is 3.87. The number of anilines is 1. The van der Waals surface area contributed by atoms with Crippen molar-refractivity contribution in [2.45, 2.75) is 19.6 Å². The van der Waals surface area contributed by atoms with Gasteiger partial charge in [0.15, 0.2) is 11.5 Å². The van der Waals surface area contributed by atoms with Gasteiger partial charge < -0.3 is 24.1 Å². The number of carbonyl (C=O) groups excluding carboxylic acids is 1. The summed E-state index contributed by atoms with van der Waals surface area (Å²) in [6.07, 6.45) is 1.14. The van der Waals surface area contributed by atoms with Crippen LogP contribution in [0.5, 0.6) is 11.5 Å². The zero-order chi connectivity index (χ0) is 20.4. The van der Waals surface area contributed by atoms with E-state index < -0.39 is 6.17 Å². The van der Waals surface area contributed by atoms with E-state index in [1.165, 1.54) is 0 Å². The number of ether oxygens (including phenoxy) is 2. The molecule has 1 N–H and O–H groups in total. The average Bonchev–Trinajstić information content (AvgIpc) is 3.24. The lowest BCUT2D eigenvalue weighted by Gasteiger charge is -2.38. The van der Waals surface area contributed by atoms with Crippen molar-refractivity contribution in [1.29, 1.82) is 0 Å². The van der Waals surface area contributed by atoms with E-state index in [0.29, 0.717) is 41.0 Å². The molecule has 0 aliphatic carbocycles. The molecule has 29 heavy (non-hydrogen) atoms. The minimum absolute atomic E-state index is 0.0928. The van der Waals surface area contributed by atoms with Gasteiger partial charge in [0.25, 0.3) is 5.91 Å². The number of nitrogens with zero attached hydrogens (tertiary/aromatic N) is 1. The Morgan fingerprint density at radius 1 is 1.21 bits per heavy atom. The number of halogens is 1. The Bertz CT molecular complexity index is 1020. The molecule has 0 radical (unpaired) electrons. The third kappa shape index (κ3) is 3.63. The van der Waals surface area contributed by atoms with Crippen LogP contribution in [0.4, 0.5) is 5.69 Å². The van der Waals surface area contributed by atoms with Gasteiger partial charge in [0.05, 0.1) is 37.1 Å². The molecule has 4 rings (SSSR count). The van der Waals surface area contributed by atoms with Crippen LogP contribution in [0.3, 0.4) is 0 Å². The standard InChI is InChI=1S/C22H21ClN2O4/c1-3-28-20-17(23)11-14(12-19(20)27-2)21-24-18-9-5-4-8-16(18)22(26)25(21)13-15-7-6-10-29-15/h4-12,21,24H,3,13H2,1-2H3/t21-/m0/s1. The van der Waals surface area contributed by atoms with Gasteiger partial charge in [-0.3, -0.25) is 4.79 Å². The smallest absolute Gasteiger partial charge is 0.258 e. The lowest BCUT2D eigenvalue weighted by atomic mass is 10.0. The lowest BCUT2D eigenvalue weighted by Crippen LogP contribution is -2.42. The molecule has 0 bridgehead atoms. The van der Waals surface area contributed by atoms with Crippen molar-refractivity contribution in [1.82, 2.24) is 4.90 Å². The Balaban J connectivity index is 1.79. The summed E-state index contributed by atoms with van der Waals surface area (Å²) in [7, 11) is 1.56. The quantitative estimate of drug-likeness (QED) is 0.609. The van der Waals surface area contributed by atoms with E-state index in [9.17, 15) is 4.79 Å². The van der Waals surface area contributed by atoms with Gasteiger partial charge in [0, 0.05) is 11.3 Å². The number of hydrogen-bond acceptors (Lipinski definition) is 5. The molecule has 1 aromatic heterocycles. The summed E-state index contributed by atoms with van der Waals surface area (Å²) < 4.78 is 16.6. The molecule has 1 amide bonds. The molecule has 0 unspecified atom stereocenters. The number of benzene rings is 2. The van der Waals surface area contributed by atoms with Gasteiger partial charge in [-0.2, -0.15) is 0 Å². The molecule has 150 valence electrons. The summed E-state index contributed by atoms with van der Waals surface area (Å²) in [5.41, 5.74) is 2.16. The number of fused-ring (bicyclic) bond motifs is 1. The Morgan fingerprint density at radius 2 is 2.03 bits per heavy atom. The van der Waals surface area contributed by atoms with Gasteiger partial charge in [0.2, 0.25) is 0 Å². The molecule has 1 atom stereocenters. The van der Waals surface area contributed by atoms with E-state index in [0.717, 1.165) is 11.3 Å². The molecule has 0 fully saturated rings. The number of nitrogens with one attached hydrogen (secondary N) is 1. The van der Waals surface area contributed by atoms with Crippen LogP contribution >= 0.6 is 11.6 Å². The fraction of sp³-hybridized carbons (Fsp3) is 0.227. The maximum atomic E-state index is 13.3. The van der Waals surface area contributed by atoms with Crippen molar-refractivity contribution >= 4 is 23.2 Å². The zero-order valence-electron chi connectivity index (χ0n) is 16.1. The second kappa shape index (κ2) is 8.09. The van der Waals surface area contributed by atoms with E-state index in [2.05, 4.69) is 5.32 Å². The van der Waals surface area contributed by atoms with E-state index in [1.54, 1.807) is 30.4 Å². The Morgan fingerprint density at radius 3 is 2.76 bits per heavy atom. The zero-order valence-corrected chi connectivity index (χ0v) is 16.9. The highest BCUT2D eigenvalue weighted by molar-refractivity contribution is 6.32. The van der Waals surface area contributed by atoms with Crippen molar-refractivity contribution in [3.63, 3.8) is 0 Å². The molecule has 3 aromatic rings. The first-order valence-electron chi connectivity index (χ1n) is 9.31. The minimum atomic E-state index is -0.454. The average molecular weight is 413 g/mol. The summed E-state index contributed by atoms with van der Waals surface area (Å²) in [5.74, 6) is 1.60. The number of hydrogen-bond donors (Lipinski definition) is 1. The van der Waals surface area contributed by atoms with Crippen molar-refractivity contribution in [3.8, 4) is 11.5 Å². The van der Waals surface area contributed by atoms with Gasteiger partial charge in [-0.1, -0.05) is 23.7 Å². The number of carbonyl (C=O) groups is 1. The van der Waals surface area contributed by atoms with Crippen LogP contribution in [-0.4, -0.2) is 24.5 Å². The van der Waals surface area contributed by atoms with Crippen molar-refractivity contribution in [2.75, 3.05) is 19.0 Å². The first kappa shape index (κ1) is 19.2. The summed E-state index contributed by atoms with van der Waals surface area (Å²) in [6.45, 7) is 2.66. The normalized spacial score (nSPS) is 15.6. The van der Waals surface area contributed by atoms with Crippen LogP contribution in [0.1, 0.15) is 34.8 Å². The van der Waals surface area contributed by atoms with E-state index in [1.807, 2.05) is 43.3 Å². The Hall–Kier alpha value is -3.12. The number of para-hydroxylation sites is 1. The van der Waals surface area contributed by atoms with Gasteiger partial charge >= 0.3 is 0 Å². The van der Waals surface area contributed by atoms with Gasteiger partial charge in [-0.15, -0.1) is 0 Å². The number of amides is 1. The molecule has 0 saturated heterocycles. The van der Waals surface area contributed by atoms with Crippen LogP contribution in [0, 0.1) is 0 Å². The minimum Gasteiger partial charge on any atom is -0.493 e. The second-order valence-electron chi connectivity index (χ2n) is 6.57. The topological polar surface area (TPSA) is 63.9 Å². The first-order valence-corrected chi connectivity index (χ1v) is 9.69. The molecule has 7 heteroatoms. The third-order valence-electron chi connectivity index (χ3n) is 4.78. The first-order chi connectivity index (χ1) is 14.1. The number of furan rings is 1. The highest BCUT2D eigenvalue weighted by atomic mass is 35.5. The van der Waals surface area contributed by atoms with E-state index >= 15 is 0 Å². The van der Waals surface area contributed by atoms with Gasteiger partial charge in [0.1, 0.15) is 11.9 Å². The SMILES string of the molecule is CCOc1c(Cl)cc([C@H]2Nc3ccccc3C(=O)N2Cc2ccco2)cc1OC. The van der Waals surface area contributed by atoms with Crippen LogP contribution in [0.2, 0.25) is 5.02 Å². The molecular formula is C22H21ClN2O4. The maximum Gasteiger partial charge on any atom is 0.258 e. The third-order valence-corrected chi connectivity index (χ3v) is 5.07. The van der Waals surface area contributed by atoms with Crippen LogP contribution < -0.4 is 14.8 Å². The molecule has 1 aliphatic heterocycles. The summed E-state index contributed by atoms with van der Waals surface area (Å²) in [6, 6.07) is 14.7. The predicted molar refractivity (Wildman–Crippen MR) is 111 cm³/mol. The number of methoxy groups -OCH3 is 1. The summed E-state index contributed by atoms with van der Waals surface area (Å²) >= 11 is 6.48. The Kier molecular flexibility index (Phi) is 5.36. The van der Waals surface area contributed by atoms with Crippen LogP contribution in [0.15, 0.2) is 59.2 Å². The number of rotatable bonds is 6. The van der Waals surface area contributed by atoms with Crippen LogP contribution in [-0.2, 0) is 6.54 Å². The van der Waals surface area contributed by atoms with Gasteiger partial charge in [-0.05, 0) is 43.3 Å². The molecular weight excluding hydrogens is 392 g/mol. The molecule has 1 aliphatic rings. The van der Waals surface area contributed by atoms with Crippen LogP contribution in [0.25, 0.3) is 0 Å². The molecule has 0 spiro atoms. The van der Waals surface area contributed by atoms with E-state index in [4.69, 9.17) is 25.5 Å². The largest absolute Gasteiger partial charge is 0.493 e. The molecule has 0 saturated carbocycles. The van der Waals surface area contributed by atoms with Crippen molar-refractivity contribution < 1.29 is 18.7 Å². The predicted octanol–water partition coefficient (Wildman–Crippen LogP) is 5.11. The molecule has 6 nitrogen and oxygen atoms in total. The lowest BCUT2D eigenvalue weighted by molar-refractivity contribution is 0.0651. The molecule has 2 heterocycles. The highest BCUT2D eigenvalue weighted by Gasteiger charge is 2.34. The fourth-order valence-corrected chi connectivity index (χ4v) is 3.75. The van der Waals surface area contributed by atoms with Crippen molar-refractivity contribution in [2.24, 2.45) is 0 Å². The van der Waals surface area contributed by atoms with Gasteiger partial charge in [-0.25, -0.2) is 0 Å². The maximum absolute atomic E-state index is 13.3. The van der Waals surface area contributed by atoms with Crippen molar-refractivity contribution in [3.05, 3.63) is 76.7 Å². The molecule has 2 aromatic carbocycles. The van der Waals surface area contributed by atoms with E-state index in [-0.39, 0.29) is 5.91 Å². The highest BCUT2D eigenvalue weighted by Crippen LogP contribution is 2.41. The monoisotopic (exact) mass is 412 g/mol. The fourth-order valence-electron chi connectivity index (χ4n) is 3.47.